The predicted molar refractivity (Wildman–Crippen MR) is 77.1 cm³/mol. The molecule has 2 unspecified atom stereocenters. The normalized spacial score (nSPS) is 21.6. The highest BCUT2D eigenvalue weighted by Crippen LogP contribution is 2.31. The Labute approximate surface area is 115 Å². The van der Waals surface area contributed by atoms with E-state index in [1.54, 1.807) is 13.0 Å². The Hall–Kier alpha value is -1.53. The maximum Gasteiger partial charge on any atom is 0.0992 e. The van der Waals surface area contributed by atoms with Gasteiger partial charge in [-0.3, -0.25) is 0 Å². The van der Waals surface area contributed by atoms with Crippen LogP contribution < -0.4 is 4.90 Å². The summed E-state index contributed by atoms with van der Waals surface area (Å²) in [4.78, 5) is 2.36. The molecule has 19 heavy (non-hydrogen) atoms. The first-order valence-corrected chi connectivity index (χ1v) is 7.12. The Balaban J connectivity index is 2.42. The quantitative estimate of drug-likeness (QED) is 0.884. The number of benzene rings is 1. The van der Waals surface area contributed by atoms with Crippen LogP contribution in [-0.2, 0) is 0 Å². The molecule has 3 heteroatoms. The smallest absolute Gasteiger partial charge is 0.0992 e. The van der Waals surface area contributed by atoms with Gasteiger partial charge in [-0.1, -0.05) is 18.9 Å². The van der Waals surface area contributed by atoms with Crippen molar-refractivity contribution in [3.8, 4) is 6.07 Å². The highest BCUT2D eigenvalue weighted by atomic mass is 16.3. The van der Waals surface area contributed by atoms with Gasteiger partial charge in [-0.15, -0.1) is 0 Å². The molecule has 0 radical (unpaired) electrons. The summed E-state index contributed by atoms with van der Waals surface area (Å²) in [6, 6.07) is 8.25. The highest BCUT2D eigenvalue weighted by Gasteiger charge is 2.21. The summed E-state index contributed by atoms with van der Waals surface area (Å²) in [6.45, 7) is 5.03. The molecular formula is C16H22N2O. The zero-order valence-electron chi connectivity index (χ0n) is 11.8. The van der Waals surface area contributed by atoms with E-state index in [2.05, 4.69) is 17.9 Å². The summed E-state index contributed by atoms with van der Waals surface area (Å²) in [5.41, 5.74) is 2.62. The summed E-state index contributed by atoms with van der Waals surface area (Å²) >= 11 is 0. The van der Waals surface area contributed by atoms with E-state index in [0.717, 1.165) is 17.8 Å². The summed E-state index contributed by atoms with van der Waals surface area (Å²) in [5, 5.41) is 19.0. The lowest BCUT2D eigenvalue weighted by Crippen LogP contribution is -2.33. The first kappa shape index (κ1) is 13.9. The van der Waals surface area contributed by atoms with Crippen molar-refractivity contribution in [2.45, 2.75) is 51.7 Å². The molecule has 1 fully saturated rings. The van der Waals surface area contributed by atoms with Gasteiger partial charge in [0.1, 0.15) is 0 Å². The standard InChI is InChI=1S/C16H22N2O/c1-12-6-4-3-5-9-18(12)16-10-14(11-17)7-8-15(16)13(2)19/h7-8,10,12-13,19H,3-6,9H2,1-2H3. The van der Waals surface area contributed by atoms with Crippen LogP contribution in [0.3, 0.4) is 0 Å². The second kappa shape index (κ2) is 6.08. The Bertz CT molecular complexity index is 476. The fourth-order valence-electron chi connectivity index (χ4n) is 2.85. The van der Waals surface area contributed by atoms with Crippen LogP contribution in [0.5, 0.6) is 0 Å². The monoisotopic (exact) mass is 258 g/mol. The second-order valence-corrected chi connectivity index (χ2v) is 5.45. The molecule has 1 heterocycles. The number of nitrogens with zero attached hydrogens (tertiary/aromatic N) is 2. The van der Waals surface area contributed by atoms with Crippen molar-refractivity contribution in [2.75, 3.05) is 11.4 Å². The van der Waals surface area contributed by atoms with Gasteiger partial charge in [0, 0.05) is 23.8 Å². The van der Waals surface area contributed by atoms with Crippen LogP contribution in [0.25, 0.3) is 0 Å². The van der Waals surface area contributed by atoms with Crippen molar-refractivity contribution >= 4 is 5.69 Å². The molecule has 102 valence electrons. The number of aliphatic hydroxyl groups is 1. The van der Waals surface area contributed by atoms with Crippen molar-refractivity contribution in [2.24, 2.45) is 0 Å². The highest BCUT2D eigenvalue weighted by molar-refractivity contribution is 5.59. The molecular weight excluding hydrogens is 236 g/mol. The fraction of sp³-hybridized carbons (Fsp3) is 0.562. The van der Waals surface area contributed by atoms with Gasteiger partial charge in [0.05, 0.1) is 17.7 Å². The Morgan fingerprint density at radius 1 is 1.37 bits per heavy atom. The summed E-state index contributed by atoms with van der Waals surface area (Å²) in [6.07, 6.45) is 4.39. The minimum Gasteiger partial charge on any atom is -0.389 e. The first-order valence-electron chi connectivity index (χ1n) is 7.12. The van der Waals surface area contributed by atoms with Crippen LogP contribution in [0.2, 0.25) is 0 Å². The molecule has 0 spiro atoms. The summed E-state index contributed by atoms with van der Waals surface area (Å²) in [7, 11) is 0. The third-order valence-electron chi connectivity index (χ3n) is 3.97. The Morgan fingerprint density at radius 2 is 2.16 bits per heavy atom. The van der Waals surface area contributed by atoms with Crippen molar-refractivity contribution in [3.05, 3.63) is 29.3 Å². The first-order chi connectivity index (χ1) is 9.13. The minimum absolute atomic E-state index is 0.467. The topological polar surface area (TPSA) is 47.3 Å². The van der Waals surface area contributed by atoms with Crippen LogP contribution in [-0.4, -0.2) is 17.7 Å². The molecule has 0 saturated carbocycles. The van der Waals surface area contributed by atoms with Gasteiger partial charge in [0.25, 0.3) is 0 Å². The van der Waals surface area contributed by atoms with E-state index in [-0.39, 0.29) is 0 Å². The van der Waals surface area contributed by atoms with Gasteiger partial charge < -0.3 is 10.0 Å². The number of nitriles is 1. The van der Waals surface area contributed by atoms with E-state index in [4.69, 9.17) is 5.26 Å². The maximum atomic E-state index is 9.95. The lowest BCUT2D eigenvalue weighted by atomic mass is 10.0. The molecule has 1 aromatic rings. The molecule has 1 aliphatic rings. The van der Waals surface area contributed by atoms with Crippen LogP contribution in [0.4, 0.5) is 5.69 Å². The van der Waals surface area contributed by atoms with Crippen molar-refractivity contribution < 1.29 is 5.11 Å². The molecule has 0 aliphatic carbocycles. The molecule has 1 saturated heterocycles. The molecule has 3 nitrogen and oxygen atoms in total. The summed E-state index contributed by atoms with van der Waals surface area (Å²) in [5.74, 6) is 0. The number of hydrogen-bond acceptors (Lipinski definition) is 3. The van der Waals surface area contributed by atoms with E-state index < -0.39 is 6.10 Å². The largest absolute Gasteiger partial charge is 0.389 e. The van der Waals surface area contributed by atoms with Gasteiger partial charge in [-0.25, -0.2) is 0 Å². The van der Waals surface area contributed by atoms with Gasteiger partial charge in [0.15, 0.2) is 0 Å². The summed E-state index contributed by atoms with van der Waals surface area (Å²) < 4.78 is 0. The van der Waals surface area contributed by atoms with Gasteiger partial charge in [-0.05, 0) is 38.8 Å². The minimum atomic E-state index is -0.502. The molecule has 1 aliphatic heterocycles. The number of aliphatic hydroxyl groups excluding tert-OH is 1. The van der Waals surface area contributed by atoms with Gasteiger partial charge >= 0.3 is 0 Å². The third kappa shape index (κ3) is 3.08. The lowest BCUT2D eigenvalue weighted by molar-refractivity contribution is 0.199. The van der Waals surface area contributed by atoms with E-state index in [1.807, 2.05) is 12.1 Å². The molecule has 1 N–H and O–H groups in total. The molecule has 0 bridgehead atoms. The van der Waals surface area contributed by atoms with E-state index in [1.165, 1.54) is 25.7 Å². The van der Waals surface area contributed by atoms with Crippen molar-refractivity contribution in [1.82, 2.24) is 0 Å². The van der Waals surface area contributed by atoms with E-state index in [9.17, 15) is 5.11 Å². The Kier molecular flexibility index (Phi) is 4.44. The SMILES string of the molecule is CC(O)c1ccc(C#N)cc1N1CCCCCC1C. The zero-order chi connectivity index (χ0) is 13.8. The number of anilines is 1. The fourth-order valence-corrected chi connectivity index (χ4v) is 2.85. The van der Waals surface area contributed by atoms with Crippen LogP contribution in [0, 0.1) is 11.3 Å². The number of hydrogen-bond donors (Lipinski definition) is 1. The van der Waals surface area contributed by atoms with Gasteiger partial charge in [-0.2, -0.15) is 5.26 Å². The Morgan fingerprint density at radius 3 is 2.84 bits per heavy atom. The molecule has 2 rings (SSSR count). The third-order valence-corrected chi connectivity index (χ3v) is 3.97. The maximum absolute atomic E-state index is 9.95. The van der Waals surface area contributed by atoms with Crippen LogP contribution >= 0.6 is 0 Å². The zero-order valence-corrected chi connectivity index (χ0v) is 11.8. The average molecular weight is 258 g/mol. The van der Waals surface area contributed by atoms with E-state index in [0.29, 0.717) is 11.6 Å². The van der Waals surface area contributed by atoms with Crippen LogP contribution in [0.1, 0.15) is 56.8 Å². The van der Waals surface area contributed by atoms with Crippen molar-refractivity contribution in [1.29, 1.82) is 5.26 Å². The van der Waals surface area contributed by atoms with Gasteiger partial charge in [0.2, 0.25) is 0 Å². The molecule has 0 amide bonds. The van der Waals surface area contributed by atoms with Crippen molar-refractivity contribution in [3.63, 3.8) is 0 Å². The lowest BCUT2D eigenvalue weighted by Gasteiger charge is -2.32. The van der Waals surface area contributed by atoms with E-state index >= 15 is 0 Å². The molecule has 2 atom stereocenters. The number of rotatable bonds is 2. The molecule has 1 aromatic carbocycles. The molecule has 0 aromatic heterocycles. The average Bonchev–Trinajstić information content (AvgIpc) is 2.62. The predicted octanol–water partition coefficient (Wildman–Crippen LogP) is 3.38. The second-order valence-electron chi connectivity index (χ2n) is 5.45. The van der Waals surface area contributed by atoms with Crippen LogP contribution in [0.15, 0.2) is 18.2 Å².